The highest BCUT2D eigenvalue weighted by atomic mass is 32.2. The number of ether oxygens (including phenoxy) is 1. The first-order valence-electron chi connectivity index (χ1n) is 7.35. The Morgan fingerprint density at radius 2 is 2.13 bits per heavy atom. The first-order valence-corrected chi connectivity index (χ1v) is 8.33. The Morgan fingerprint density at radius 1 is 1.22 bits per heavy atom. The Kier molecular flexibility index (Phi) is 4.92. The van der Waals surface area contributed by atoms with Gasteiger partial charge in [0.15, 0.2) is 10.9 Å². The van der Waals surface area contributed by atoms with Crippen molar-refractivity contribution in [3.8, 4) is 17.1 Å². The fourth-order valence-electron chi connectivity index (χ4n) is 2.04. The zero-order valence-corrected chi connectivity index (χ0v) is 13.8. The van der Waals surface area contributed by atoms with Crippen LogP contribution in [0.4, 0.5) is 0 Å². The second kappa shape index (κ2) is 7.28. The van der Waals surface area contributed by atoms with Crippen LogP contribution in [0.2, 0.25) is 0 Å². The summed E-state index contributed by atoms with van der Waals surface area (Å²) < 4.78 is 11.3. The molecule has 0 radical (unpaired) electrons. The molecule has 1 aromatic carbocycles. The van der Waals surface area contributed by atoms with E-state index in [0.717, 1.165) is 27.9 Å². The molecule has 0 fully saturated rings. The normalized spacial score (nSPS) is 10.7. The molecule has 0 saturated heterocycles. The lowest BCUT2D eigenvalue weighted by Gasteiger charge is -2.03. The molecule has 3 aromatic rings. The molecule has 5 nitrogen and oxygen atoms in total. The highest BCUT2D eigenvalue weighted by molar-refractivity contribution is 7.98. The molecule has 0 spiro atoms. The molecule has 0 aliphatic rings. The van der Waals surface area contributed by atoms with Gasteiger partial charge in [0, 0.05) is 17.5 Å². The molecule has 2 heterocycles. The van der Waals surface area contributed by atoms with Crippen LogP contribution in [0.15, 0.2) is 52.3 Å². The van der Waals surface area contributed by atoms with Gasteiger partial charge in [-0.3, -0.25) is 0 Å². The fourth-order valence-corrected chi connectivity index (χ4v) is 2.77. The van der Waals surface area contributed by atoms with Gasteiger partial charge < -0.3 is 9.15 Å². The zero-order chi connectivity index (χ0) is 16.1. The summed E-state index contributed by atoms with van der Waals surface area (Å²) in [5.41, 5.74) is 1.90. The van der Waals surface area contributed by atoms with Crippen LogP contribution in [0.1, 0.15) is 18.5 Å². The smallest absolute Gasteiger partial charge is 0.205 e. The number of oxazole rings is 1. The van der Waals surface area contributed by atoms with Crippen molar-refractivity contribution in [3.63, 3.8) is 0 Å². The van der Waals surface area contributed by atoms with Crippen LogP contribution in [0, 0.1) is 6.92 Å². The van der Waals surface area contributed by atoms with Gasteiger partial charge in [-0.25, -0.2) is 15.0 Å². The molecule has 0 saturated carbocycles. The Morgan fingerprint density at radius 3 is 2.96 bits per heavy atom. The molecule has 0 N–H and O–H groups in total. The van der Waals surface area contributed by atoms with Crippen LogP contribution >= 0.6 is 11.8 Å². The first-order chi connectivity index (χ1) is 11.2. The van der Waals surface area contributed by atoms with E-state index < -0.39 is 0 Å². The molecule has 0 aliphatic heterocycles. The van der Waals surface area contributed by atoms with Crippen molar-refractivity contribution in [2.24, 2.45) is 0 Å². The summed E-state index contributed by atoms with van der Waals surface area (Å²) in [5.74, 6) is 2.80. The van der Waals surface area contributed by atoms with E-state index >= 15 is 0 Å². The summed E-state index contributed by atoms with van der Waals surface area (Å²) in [7, 11) is 0. The van der Waals surface area contributed by atoms with E-state index in [1.54, 1.807) is 12.4 Å². The van der Waals surface area contributed by atoms with E-state index in [2.05, 4.69) is 15.0 Å². The molecule has 0 unspecified atom stereocenters. The molecule has 2 aromatic heterocycles. The predicted molar refractivity (Wildman–Crippen MR) is 89.4 cm³/mol. The number of thioether (sulfide) groups is 1. The maximum atomic E-state index is 5.81. The average Bonchev–Trinajstić information content (AvgIpc) is 3.03. The van der Waals surface area contributed by atoms with Crippen molar-refractivity contribution in [1.82, 2.24) is 15.0 Å². The lowest BCUT2D eigenvalue weighted by molar-refractivity contribution is 0.340. The van der Waals surface area contributed by atoms with Gasteiger partial charge in [-0.15, -0.1) is 0 Å². The summed E-state index contributed by atoms with van der Waals surface area (Å²) in [4.78, 5) is 12.9. The van der Waals surface area contributed by atoms with Crippen LogP contribution in [0.25, 0.3) is 11.3 Å². The third-order valence-electron chi connectivity index (χ3n) is 3.08. The van der Waals surface area contributed by atoms with Gasteiger partial charge >= 0.3 is 0 Å². The Bertz CT molecular complexity index is 789. The molecule has 6 heteroatoms. The van der Waals surface area contributed by atoms with Crippen LogP contribution in [-0.4, -0.2) is 21.6 Å². The average molecular weight is 327 g/mol. The van der Waals surface area contributed by atoms with Crippen molar-refractivity contribution < 1.29 is 9.15 Å². The minimum atomic E-state index is 0.592. The lowest BCUT2D eigenvalue weighted by atomic mass is 10.2. The zero-order valence-electron chi connectivity index (χ0n) is 13.0. The number of hydrogen-bond acceptors (Lipinski definition) is 6. The Balaban J connectivity index is 1.69. The van der Waals surface area contributed by atoms with Crippen LogP contribution < -0.4 is 4.74 Å². The summed E-state index contributed by atoms with van der Waals surface area (Å²) in [6.45, 7) is 4.54. The highest BCUT2D eigenvalue weighted by Gasteiger charge is 2.09. The third-order valence-corrected chi connectivity index (χ3v) is 3.93. The standard InChI is InChI=1S/C17H17N3O2S/c1-3-21-14-6-4-5-13(9-14)15-10-19-16(22-15)11-23-17-18-8-7-12(2)20-17/h4-10H,3,11H2,1-2H3. The van der Waals surface area contributed by atoms with Gasteiger partial charge in [0.2, 0.25) is 5.89 Å². The molecule has 118 valence electrons. The van der Waals surface area contributed by atoms with E-state index in [-0.39, 0.29) is 0 Å². The van der Waals surface area contributed by atoms with Crippen LogP contribution in [-0.2, 0) is 5.75 Å². The molecule has 0 amide bonds. The molecule has 0 aliphatic carbocycles. The van der Waals surface area contributed by atoms with E-state index in [1.807, 2.05) is 44.2 Å². The molecular formula is C17H17N3O2S. The van der Waals surface area contributed by atoms with Gasteiger partial charge in [-0.2, -0.15) is 0 Å². The van der Waals surface area contributed by atoms with Crippen molar-refractivity contribution in [1.29, 1.82) is 0 Å². The topological polar surface area (TPSA) is 61.0 Å². The van der Waals surface area contributed by atoms with Crippen molar-refractivity contribution in [2.75, 3.05) is 6.61 Å². The third kappa shape index (κ3) is 4.10. The minimum absolute atomic E-state index is 0.592. The summed E-state index contributed by atoms with van der Waals surface area (Å²) >= 11 is 1.50. The number of aryl methyl sites for hydroxylation is 1. The number of aromatic nitrogens is 3. The summed E-state index contributed by atoms with van der Waals surface area (Å²) in [5, 5.41) is 0.725. The fraction of sp³-hybridized carbons (Fsp3) is 0.235. The second-order valence-electron chi connectivity index (χ2n) is 4.85. The summed E-state index contributed by atoms with van der Waals surface area (Å²) in [6, 6.07) is 9.67. The predicted octanol–water partition coefficient (Wildman–Crippen LogP) is 4.13. The summed E-state index contributed by atoms with van der Waals surface area (Å²) in [6.07, 6.45) is 3.49. The number of hydrogen-bond donors (Lipinski definition) is 0. The maximum Gasteiger partial charge on any atom is 0.205 e. The second-order valence-corrected chi connectivity index (χ2v) is 5.79. The molecule has 3 rings (SSSR count). The molecule has 0 atom stereocenters. The van der Waals surface area contributed by atoms with E-state index in [0.29, 0.717) is 18.3 Å². The monoisotopic (exact) mass is 327 g/mol. The SMILES string of the molecule is CCOc1cccc(-c2cnc(CSc3nccc(C)n3)o2)c1. The quantitative estimate of drug-likeness (QED) is 0.501. The van der Waals surface area contributed by atoms with E-state index in [1.165, 1.54) is 11.8 Å². The maximum absolute atomic E-state index is 5.81. The van der Waals surface area contributed by atoms with Crippen molar-refractivity contribution in [3.05, 3.63) is 54.3 Å². The minimum Gasteiger partial charge on any atom is -0.494 e. The van der Waals surface area contributed by atoms with Gasteiger partial charge in [0.1, 0.15) is 5.75 Å². The van der Waals surface area contributed by atoms with Crippen molar-refractivity contribution in [2.45, 2.75) is 24.8 Å². The highest BCUT2D eigenvalue weighted by Crippen LogP contribution is 2.26. The lowest BCUT2D eigenvalue weighted by Crippen LogP contribution is -1.90. The van der Waals surface area contributed by atoms with Gasteiger partial charge in [-0.1, -0.05) is 23.9 Å². The number of rotatable bonds is 6. The molecule has 23 heavy (non-hydrogen) atoms. The van der Waals surface area contributed by atoms with E-state index in [4.69, 9.17) is 9.15 Å². The largest absolute Gasteiger partial charge is 0.494 e. The van der Waals surface area contributed by atoms with Crippen molar-refractivity contribution >= 4 is 11.8 Å². The molecular weight excluding hydrogens is 310 g/mol. The van der Waals surface area contributed by atoms with Gasteiger partial charge in [0.05, 0.1) is 18.6 Å². The van der Waals surface area contributed by atoms with Gasteiger partial charge in [0.25, 0.3) is 0 Å². The first kappa shape index (κ1) is 15.6. The van der Waals surface area contributed by atoms with E-state index in [9.17, 15) is 0 Å². The van der Waals surface area contributed by atoms with Crippen LogP contribution in [0.5, 0.6) is 5.75 Å². The Labute approximate surface area is 139 Å². The number of benzene rings is 1. The van der Waals surface area contributed by atoms with Crippen LogP contribution in [0.3, 0.4) is 0 Å². The molecule has 0 bridgehead atoms. The van der Waals surface area contributed by atoms with Gasteiger partial charge in [-0.05, 0) is 32.0 Å². The number of nitrogens with zero attached hydrogens (tertiary/aromatic N) is 3. The Hall–Kier alpha value is -2.34.